The summed E-state index contributed by atoms with van der Waals surface area (Å²) in [7, 11) is 0. The van der Waals surface area contributed by atoms with Crippen LogP contribution in [0.1, 0.15) is 13.3 Å². The lowest BCUT2D eigenvalue weighted by Crippen LogP contribution is -1.76. The molecule has 0 aromatic rings. The van der Waals surface area contributed by atoms with Crippen LogP contribution in [0.3, 0.4) is 0 Å². The number of ether oxygens (including phenoxy) is 1. The maximum absolute atomic E-state index is 5.10. The molecule has 0 N–H and O–H groups in total. The molecule has 0 aromatic carbocycles. The minimum absolute atomic E-state index is 0.778. The molecule has 0 atom stereocenters. The predicted molar refractivity (Wildman–Crippen MR) is 32.8 cm³/mol. The van der Waals surface area contributed by atoms with Crippen molar-refractivity contribution in [2.24, 2.45) is 4.99 Å². The fourth-order valence-electron chi connectivity index (χ4n) is 0.751. The summed E-state index contributed by atoms with van der Waals surface area (Å²) in [5, 5.41) is 0. The Morgan fingerprint density at radius 2 is 2.50 bits per heavy atom. The van der Waals surface area contributed by atoms with Crippen LogP contribution in [0.15, 0.2) is 16.4 Å². The Bertz CT molecular complexity index is 137. The number of aliphatic imine (C=N–C) groups is 1. The van der Waals surface area contributed by atoms with Crippen LogP contribution in [0.4, 0.5) is 0 Å². The highest BCUT2D eigenvalue weighted by Gasteiger charge is 2.08. The van der Waals surface area contributed by atoms with Crippen molar-refractivity contribution in [1.29, 1.82) is 0 Å². The molecule has 0 aromatic heterocycles. The maximum Gasteiger partial charge on any atom is 0.114 e. The van der Waals surface area contributed by atoms with Gasteiger partial charge in [-0.05, 0) is 13.6 Å². The van der Waals surface area contributed by atoms with Gasteiger partial charge in [-0.25, -0.2) is 0 Å². The van der Waals surface area contributed by atoms with Crippen LogP contribution in [0.25, 0.3) is 0 Å². The van der Waals surface area contributed by atoms with E-state index in [9.17, 15) is 0 Å². The van der Waals surface area contributed by atoms with Crippen LogP contribution in [0.2, 0.25) is 0 Å². The molecule has 0 aliphatic carbocycles. The van der Waals surface area contributed by atoms with Crippen molar-refractivity contribution in [3.05, 3.63) is 11.5 Å². The molecule has 0 saturated heterocycles. The molecule has 0 fully saturated rings. The largest absolute Gasteiger partial charge is 0.496 e. The average Bonchev–Trinajstić information content (AvgIpc) is 2.14. The second kappa shape index (κ2) is 1.99. The molecule has 0 radical (unpaired) electrons. The Labute approximate surface area is 48.9 Å². The topological polar surface area (TPSA) is 21.6 Å². The summed E-state index contributed by atoms with van der Waals surface area (Å²) >= 11 is 0. The monoisotopic (exact) mass is 111 g/mol. The van der Waals surface area contributed by atoms with E-state index >= 15 is 0 Å². The van der Waals surface area contributed by atoms with Crippen molar-refractivity contribution in [2.45, 2.75) is 13.3 Å². The van der Waals surface area contributed by atoms with Gasteiger partial charge in [-0.2, -0.15) is 0 Å². The average molecular weight is 111 g/mol. The van der Waals surface area contributed by atoms with E-state index in [0.29, 0.717) is 0 Å². The molecule has 2 heteroatoms. The minimum Gasteiger partial charge on any atom is -0.496 e. The van der Waals surface area contributed by atoms with Crippen LogP contribution < -0.4 is 0 Å². The highest BCUT2D eigenvalue weighted by molar-refractivity contribution is 5.30. The first-order chi connectivity index (χ1) is 3.84. The normalized spacial score (nSPS) is 18.6. The zero-order valence-corrected chi connectivity index (χ0v) is 4.98. The SMILES string of the molecule is C=NC1=C(C)OCC1. The molecular formula is C6H9NO. The van der Waals surface area contributed by atoms with Gasteiger partial charge in [-0.3, -0.25) is 4.99 Å². The first-order valence-electron chi connectivity index (χ1n) is 2.64. The van der Waals surface area contributed by atoms with E-state index in [1.807, 2.05) is 6.92 Å². The quantitative estimate of drug-likeness (QED) is 0.468. The van der Waals surface area contributed by atoms with Crippen LogP contribution in [-0.4, -0.2) is 13.3 Å². The lowest BCUT2D eigenvalue weighted by molar-refractivity contribution is 0.246. The Hall–Kier alpha value is -0.790. The van der Waals surface area contributed by atoms with Crippen molar-refractivity contribution in [3.63, 3.8) is 0 Å². The molecule has 1 rings (SSSR count). The molecule has 0 bridgehead atoms. The molecule has 2 nitrogen and oxygen atoms in total. The maximum atomic E-state index is 5.10. The molecule has 44 valence electrons. The van der Waals surface area contributed by atoms with Crippen molar-refractivity contribution < 1.29 is 4.74 Å². The highest BCUT2D eigenvalue weighted by Crippen LogP contribution is 2.17. The standard InChI is InChI=1S/C6H9NO/c1-5-6(7-2)3-4-8-5/h2-4H2,1H3. The first-order valence-corrected chi connectivity index (χ1v) is 2.64. The zero-order valence-electron chi connectivity index (χ0n) is 4.98. The smallest absolute Gasteiger partial charge is 0.114 e. The van der Waals surface area contributed by atoms with Crippen LogP contribution in [0.5, 0.6) is 0 Å². The summed E-state index contributed by atoms with van der Waals surface area (Å²) in [5.74, 6) is 0.931. The Morgan fingerprint density at radius 3 is 2.75 bits per heavy atom. The van der Waals surface area contributed by atoms with E-state index in [1.54, 1.807) is 0 Å². The molecule has 0 unspecified atom stereocenters. The predicted octanol–water partition coefficient (Wildman–Crippen LogP) is 1.34. The molecule has 1 aliphatic rings. The fourth-order valence-corrected chi connectivity index (χ4v) is 0.751. The molecule has 8 heavy (non-hydrogen) atoms. The minimum atomic E-state index is 0.778. The lowest BCUT2D eigenvalue weighted by Gasteiger charge is -1.91. The van der Waals surface area contributed by atoms with E-state index in [2.05, 4.69) is 11.7 Å². The van der Waals surface area contributed by atoms with Gasteiger partial charge in [-0.1, -0.05) is 0 Å². The van der Waals surface area contributed by atoms with Crippen LogP contribution in [0, 0.1) is 0 Å². The summed E-state index contributed by atoms with van der Waals surface area (Å²) in [5.41, 5.74) is 1.00. The number of allylic oxidation sites excluding steroid dienone is 1. The fraction of sp³-hybridized carbons (Fsp3) is 0.500. The summed E-state index contributed by atoms with van der Waals surface area (Å²) in [6.45, 7) is 6.10. The van der Waals surface area contributed by atoms with Crippen LogP contribution in [-0.2, 0) is 4.74 Å². The molecule has 1 aliphatic heterocycles. The van der Waals surface area contributed by atoms with E-state index in [-0.39, 0.29) is 0 Å². The van der Waals surface area contributed by atoms with Gasteiger partial charge < -0.3 is 4.74 Å². The Morgan fingerprint density at radius 1 is 1.75 bits per heavy atom. The summed E-state index contributed by atoms with van der Waals surface area (Å²) < 4.78 is 5.10. The van der Waals surface area contributed by atoms with Gasteiger partial charge in [0.25, 0.3) is 0 Å². The van der Waals surface area contributed by atoms with Crippen molar-refractivity contribution in [2.75, 3.05) is 6.61 Å². The third-order valence-electron chi connectivity index (χ3n) is 1.25. The summed E-state index contributed by atoms with van der Waals surface area (Å²) in [6.07, 6.45) is 0.926. The molecule has 0 amide bonds. The third-order valence-corrected chi connectivity index (χ3v) is 1.25. The second-order valence-electron chi connectivity index (χ2n) is 1.76. The van der Waals surface area contributed by atoms with Gasteiger partial charge in [0.1, 0.15) is 5.76 Å². The van der Waals surface area contributed by atoms with Crippen LogP contribution >= 0.6 is 0 Å². The molecule has 0 spiro atoms. The number of hydrogen-bond donors (Lipinski definition) is 0. The second-order valence-corrected chi connectivity index (χ2v) is 1.76. The van der Waals surface area contributed by atoms with Gasteiger partial charge in [0.2, 0.25) is 0 Å². The first kappa shape index (κ1) is 5.35. The molecule has 1 heterocycles. The van der Waals surface area contributed by atoms with Crippen molar-refractivity contribution in [1.82, 2.24) is 0 Å². The number of hydrogen-bond acceptors (Lipinski definition) is 2. The molecule has 0 saturated carbocycles. The van der Waals surface area contributed by atoms with Gasteiger partial charge in [0, 0.05) is 6.42 Å². The van der Waals surface area contributed by atoms with E-state index < -0.39 is 0 Å². The van der Waals surface area contributed by atoms with Gasteiger partial charge >= 0.3 is 0 Å². The van der Waals surface area contributed by atoms with Crippen molar-refractivity contribution >= 4 is 6.72 Å². The van der Waals surface area contributed by atoms with E-state index in [4.69, 9.17) is 4.74 Å². The molecular weight excluding hydrogens is 102 g/mol. The van der Waals surface area contributed by atoms with Gasteiger partial charge in [0.05, 0.1) is 12.3 Å². The van der Waals surface area contributed by atoms with Gasteiger partial charge in [-0.15, -0.1) is 0 Å². The summed E-state index contributed by atoms with van der Waals surface area (Å²) in [6, 6.07) is 0. The summed E-state index contributed by atoms with van der Waals surface area (Å²) in [4.78, 5) is 3.77. The van der Waals surface area contributed by atoms with E-state index in [1.165, 1.54) is 0 Å². The van der Waals surface area contributed by atoms with Gasteiger partial charge in [0.15, 0.2) is 0 Å². The van der Waals surface area contributed by atoms with Crippen molar-refractivity contribution in [3.8, 4) is 0 Å². The highest BCUT2D eigenvalue weighted by atomic mass is 16.5. The third kappa shape index (κ3) is 0.735. The van der Waals surface area contributed by atoms with E-state index in [0.717, 1.165) is 24.5 Å². The lowest BCUT2D eigenvalue weighted by atomic mass is 10.3. The zero-order chi connectivity index (χ0) is 5.98. The number of rotatable bonds is 1. The number of nitrogens with zero attached hydrogens (tertiary/aromatic N) is 1. The Kier molecular flexibility index (Phi) is 1.33. The Balaban J connectivity index is 2.72.